The van der Waals surface area contributed by atoms with Crippen LogP contribution in [0, 0.1) is 17.6 Å². The molecule has 0 aromatic heterocycles. The van der Waals surface area contributed by atoms with Gasteiger partial charge in [0.15, 0.2) is 0 Å². The van der Waals surface area contributed by atoms with Crippen molar-refractivity contribution in [2.45, 2.75) is 12.8 Å². The lowest BCUT2D eigenvalue weighted by atomic mass is 9.99. The fraction of sp³-hybridized carbons (Fsp3) is 0.417. The van der Waals surface area contributed by atoms with Crippen molar-refractivity contribution in [3.8, 4) is 0 Å². The van der Waals surface area contributed by atoms with E-state index in [1.54, 1.807) is 0 Å². The van der Waals surface area contributed by atoms with Crippen molar-refractivity contribution < 1.29 is 13.6 Å². The molecule has 98 valence electrons. The number of hydrogen-bond donors (Lipinski definition) is 2. The number of carbonyl (C=O) groups excluding carboxylic acids is 1. The average molecular weight is 319 g/mol. The van der Waals surface area contributed by atoms with Gasteiger partial charge in [-0.15, -0.1) is 0 Å². The number of carbonyl (C=O) groups is 1. The highest BCUT2D eigenvalue weighted by molar-refractivity contribution is 9.10. The monoisotopic (exact) mass is 318 g/mol. The molecule has 1 heterocycles. The van der Waals surface area contributed by atoms with Gasteiger partial charge in [-0.2, -0.15) is 0 Å². The van der Waals surface area contributed by atoms with Gasteiger partial charge in [0.2, 0.25) is 5.91 Å². The van der Waals surface area contributed by atoms with Gasteiger partial charge in [-0.1, -0.05) is 0 Å². The van der Waals surface area contributed by atoms with Crippen molar-refractivity contribution in [1.29, 1.82) is 0 Å². The fourth-order valence-corrected chi connectivity index (χ4v) is 2.27. The smallest absolute Gasteiger partial charge is 0.228 e. The first-order chi connectivity index (χ1) is 8.58. The first-order valence-electron chi connectivity index (χ1n) is 5.74. The van der Waals surface area contributed by atoms with Crippen LogP contribution in [0.2, 0.25) is 0 Å². The van der Waals surface area contributed by atoms with Crippen molar-refractivity contribution in [3.05, 3.63) is 28.2 Å². The average Bonchev–Trinajstić information content (AvgIpc) is 2.37. The Kier molecular flexibility index (Phi) is 4.29. The molecule has 1 fully saturated rings. The SMILES string of the molecule is O=C(Nc1cc(Br)c(F)cc1F)C1CCCNC1. The van der Waals surface area contributed by atoms with Gasteiger partial charge in [0.05, 0.1) is 16.1 Å². The number of anilines is 1. The summed E-state index contributed by atoms with van der Waals surface area (Å²) in [6.45, 7) is 1.50. The van der Waals surface area contributed by atoms with E-state index in [0.717, 1.165) is 25.5 Å². The molecular weight excluding hydrogens is 306 g/mol. The number of hydrogen-bond acceptors (Lipinski definition) is 2. The minimum absolute atomic E-state index is 0.00107. The van der Waals surface area contributed by atoms with Crippen molar-refractivity contribution in [2.75, 3.05) is 18.4 Å². The second kappa shape index (κ2) is 5.75. The van der Waals surface area contributed by atoms with Crippen molar-refractivity contribution in [2.24, 2.45) is 5.92 Å². The maximum absolute atomic E-state index is 13.5. The Morgan fingerprint density at radius 2 is 2.17 bits per heavy atom. The van der Waals surface area contributed by atoms with E-state index in [-0.39, 0.29) is 22.0 Å². The molecule has 6 heteroatoms. The van der Waals surface area contributed by atoms with Crippen LogP contribution in [-0.2, 0) is 4.79 Å². The summed E-state index contributed by atoms with van der Waals surface area (Å²) in [5, 5.41) is 5.61. The van der Waals surface area contributed by atoms with Crippen LogP contribution < -0.4 is 10.6 Å². The number of amides is 1. The number of rotatable bonds is 2. The largest absolute Gasteiger partial charge is 0.323 e. The minimum Gasteiger partial charge on any atom is -0.323 e. The Bertz CT molecular complexity index is 462. The third-order valence-electron chi connectivity index (χ3n) is 2.94. The molecule has 1 aliphatic heterocycles. The molecule has 0 spiro atoms. The molecule has 1 aromatic rings. The second-order valence-electron chi connectivity index (χ2n) is 4.28. The molecule has 2 N–H and O–H groups in total. The van der Waals surface area contributed by atoms with Crippen LogP contribution in [0.3, 0.4) is 0 Å². The predicted molar refractivity (Wildman–Crippen MR) is 68.3 cm³/mol. The molecule has 3 nitrogen and oxygen atoms in total. The van der Waals surface area contributed by atoms with E-state index in [1.807, 2.05) is 0 Å². The van der Waals surface area contributed by atoms with Crippen molar-refractivity contribution >= 4 is 27.5 Å². The summed E-state index contributed by atoms with van der Waals surface area (Å²) >= 11 is 2.96. The van der Waals surface area contributed by atoms with E-state index < -0.39 is 11.6 Å². The molecule has 0 aliphatic carbocycles. The summed E-state index contributed by atoms with van der Waals surface area (Å²) in [6.07, 6.45) is 1.70. The number of nitrogens with one attached hydrogen (secondary N) is 2. The number of halogens is 3. The lowest BCUT2D eigenvalue weighted by Crippen LogP contribution is -2.37. The zero-order valence-electron chi connectivity index (χ0n) is 9.60. The molecule has 1 saturated heterocycles. The Morgan fingerprint density at radius 1 is 1.39 bits per heavy atom. The van der Waals surface area contributed by atoms with Crippen molar-refractivity contribution in [1.82, 2.24) is 5.32 Å². The van der Waals surface area contributed by atoms with Gasteiger partial charge in [-0.25, -0.2) is 8.78 Å². The fourth-order valence-electron chi connectivity index (χ4n) is 1.93. The maximum atomic E-state index is 13.5. The third-order valence-corrected chi connectivity index (χ3v) is 3.54. The van der Waals surface area contributed by atoms with Gasteiger partial charge in [-0.05, 0) is 41.4 Å². The molecule has 1 unspecified atom stereocenters. The minimum atomic E-state index is -0.771. The first-order valence-corrected chi connectivity index (χ1v) is 6.53. The Balaban J connectivity index is 2.08. The summed E-state index contributed by atoms with van der Waals surface area (Å²) in [6, 6.07) is 1.98. The highest BCUT2D eigenvalue weighted by atomic mass is 79.9. The zero-order chi connectivity index (χ0) is 13.1. The Morgan fingerprint density at radius 3 is 2.83 bits per heavy atom. The van der Waals surface area contributed by atoms with Crippen LogP contribution in [0.4, 0.5) is 14.5 Å². The van der Waals surface area contributed by atoms with Gasteiger partial charge in [-0.3, -0.25) is 4.79 Å². The van der Waals surface area contributed by atoms with Crippen molar-refractivity contribution in [3.63, 3.8) is 0 Å². The lowest BCUT2D eigenvalue weighted by molar-refractivity contribution is -0.120. The summed E-state index contributed by atoms with van der Waals surface area (Å²) in [4.78, 5) is 11.9. The molecule has 1 aliphatic rings. The summed E-state index contributed by atoms with van der Waals surface area (Å²) in [5.41, 5.74) is -0.00107. The quantitative estimate of drug-likeness (QED) is 0.823. The van der Waals surface area contributed by atoms with Crippen LogP contribution in [0.15, 0.2) is 16.6 Å². The van der Waals surface area contributed by atoms with E-state index in [0.29, 0.717) is 6.54 Å². The first kappa shape index (κ1) is 13.4. The molecule has 0 radical (unpaired) electrons. The maximum Gasteiger partial charge on any atom is 0.228 e. The van der Waals surface area contributed by atoms with E-state index in [4.69, 9.17) is 0 Å². The third kappa shape index (κ3) is 3.05. The van der Waals surface area contributed by atoms with E-state index >= 15 is 0 Å². The highest BCUT2D eigenvalue weighted by Crippen LogP contribution is 2.24. The molecule has 1 aromatic carbocycles. The molecule has 1 amide bonds. The summed E-state index contributed by atoms with van der Waals surface area (Å²) < 4.78 is 26.6. The van der Waals surface area contributed by atoms with E-state index in [1.165, 1.54) is 6.07 Å². The Labute approximate surface area is 112 Å². The van der Waals surface area contributed by atoms with Crippen LogP contribution in [0.5, 0.6) is 0 Å². The molecule has 0 saturated carbocycles. The van der Waals surface area contributed by atoms with Gasteiger partial charge in [0, 0.05) is 12.6 Å². The summed E-state index contributed by atoms with van der Waals surface area (Å²) in [5.74, 6) is -1.86. The van der Waals surface area contributed by atoms with Crippen LogP contribution in [-0.4, -0.2) is 19.0 Å². The second-order valence-corrected chi connectivity index (χ2v) is 5.13. The molecule has 1 atom stereocenters. The molecular formula is C12H13BrF2N2O. The van der Waals surface area contributed by atoms with Crippen LogP contribution >= 0.6 is 15.9 Å². The molecule has 18 heavy (non-hydrogen) atoms. The van der Waals surface area contributed by atoms with E-state index in [2.05, 4.69) is 26.6 Å². The van der Waals surface area contributed by atoms with Gasteiger partial charge in [0.25, 0.3) is 0 Å². The van der Waals surface area contributed by atoms with E-state index in [9.17, 15) is 13.6 Å². The van der Waals surface area contributed by atoms with Crippen LogP contribution in [0.25, 0.3) is 0 Å². The predicted octanol–water partition coefficient (Wildman–Crippen LogP) is 2.67. The number of piperidine rings is 1. The molecule has 0 bridgehead atoms. The highest BCUT2D eigenvalue weighted by Gasteiger charge is 2.22. The van der Waals surface area contributed by atoms with Gasteiger partial charge in [0.1, 0.15) is 11.6 Å². The summed E-state index contributed by atoms with van der Waals surface area (Å²) in [7, 11) is 0. The normalized spacial score (nSPS) is 19.6. The van der Waals surface area contributed by atoms with Gasteiger partial charge < -0.3 is 10.6 Å². The molecule has 2 rings (SSSR count). The van der Waals surface area contributed by atoms with Gasteiger partial charge >= 0.3 is 0 Å². The Hall–Kier alpha value is -1.01. The topological polar surface area (TPSA) is 41.1 Å². The standard InChI is InChI=1S/C12H13BrF2N2O/c13-8-4-11(10(15)5-9(8)14)17-12(18)7-2-1-3-16-6-7/h4-5,7,16H,1-3,6H2,(H,17,18). The number of benzene rings is 1. The zero-order valence-corrected chi connectivity index (χ0v) is 11.2. The lowest BCUT2D eigenvalue weighted by Gasteiger charge is -2.22. The van der Waals surface area contributed by atoms with Crippen LogP contribution in [0.1, 0.15) is 12.8 Å².